The van der Waals surface area contributed by atoms with Crippen LogP contribution in [0.1, 0.15) is 47.3 Å². The fourth-order valence-corrected chi connectivity index (χ4v) is 4.05. The summed E-state index contributed by atoms with van der Waals surface area (Å²) in [5.41, 5.74) is 3.54. The second kappa shape index (κ2) is 7.64. The summed E-state index contributed by atoms with van der Waals surface area (Å²) in [6.45, 7) is 1.83. The van der Waals surface area contributed by atoms with E-state index < -0.39 is 0 Å². The molecule has 28 heavy (non-hydrogen) atoms. The highest BCUT2D eigenvalue weighted by atomic mass is 16.7. The molecule has 0 saturated carbocycles. The molecule has 146 valence electrons. The summed E-state index contributed by atoms with van der Waals surface area (Å²) in [4.78, 5) is 26.8. The number of aryl methyl sites for hydroxylation is 1. The van der Waals surface area contributed by atoms with Gasteiger partial charge in [-0.3, -0.25) is 14.5 Å². The van der Waals surface area contributed by atoms with Gasteiger partial charge in [0.15, 0.2) is 17.3 Å². The van der Waals surface area contributed by atoms with Gasteiger partial charge in [0.2, 0.25) is 12.7 Å². The molecule has 1 amide bonds. The predicted molar refractivity (Wildman–Crippen MR) is 106 cm³/mol. The Labute approximate surface area is 164 Å². The summed E-state index contributed by atoms with van der Waals surface area (Å²) in [5, 5.41) is 2.88. The number of carbonyl (C=O) groups excluding carboxylic acids is 2. The van der Waals surface area contributed by atoms with Gasteiger partial charge in [-0.2, -0.15) is 0 Å². The maximum Gasteiger partial charge on any atom is 0.238 e. The van der Waals surface area contributed by atoms with Crippen molar-refractivity contribution in [3.8, 4) is 11.5 Å². The maximum absolute atomic E-state index is 12.7. The molecule has 2 aromatic carbocycles. The van der Waals surface area contributed by atoms with Crippen LogP contribution in [0, 0.1) is 0 Å². The lowest BCUT2D eigenvalue weighted by Gasteiger charge is -2.32. The third-order valence-electron chi connectivity index (χ3n) is 5.43. The molecule has 0 spiro atoms. The topological polar surface area (TPSA) is 67.9 Å². The minimum atomic E-state index is -0.160. The first-order valence-corrected chi connectivity index (χ1v) is 9.55. The summed E-state index contributed by atoms with van der Waals surface area (Å²) in [5.74, 6) is 0.768. The van der Waals surface area contributed by atoms with Crippen molar-refractivity contribution in [1.29, 1.82) is 0 Å². The SMILES string of the molecule is CC(=O)c1cc2c(cc1NC(=O)CN(C)[C@H]1CCCc3ccccc31)OCO2. The maximum atomic E-state index is 12.7. The van der Waals surface area contributed by atoms with Crippen LogP contribution >= 0.6 is 0 Å². The first kappa shape index (κ1) is 18.5. The first-order valence-electron chi connectivity index (χ1n) is 9.55. The zero-order valence-corrected chi connectivity index (χ0v) is 16.2. The van der Waals surface area contributed by atoms with Crippen LogP contribution in [-0.2, 0) is 11.2 Å². The molecule has 1 aliphatic heterocycles. The number of anilines is 1. The van der Waals surface area contributed by atoms with Crippen molar-refractivity contribution in [1.82, 2.24) is 4.90 Å². The fourth-order valence-electron chi connectivity index (χ4n) is 4.05. The van der Waals surface area contributed by atoms with Crippen molar-refractivity contribution in [2.24, 2.45) is 0 Å². The molecule has 1 atom stereocenters. The van der Waals surface area contributed by atoms with Crippen LogP contribution in [0.4, 0.5) is 5.69 Å². The second-order valence-electron chi connectivity index (χ2n) is 7.38. The normalized spacial score (nSPS) is 17.3. The zero-order chi connectivity index (χ0) is 19.7. The van der Waals surface area contributed by atoms with E-state index in [2.05, 4.69) is 34.5 Å². The minimum absolute atomic E-state index is 0.119. The number of nitrogens with one attached hydrogen (secondary N) is 1. The average Bonchev–Trinajstić information content (AvgIpc) is 3.14. The average molecular weight is 380 g/mol. The molecule has 0 bridgehead atoms. The first-order chi connectivity index (χ1) is 13.5. The van der Waals surface area contributed by atoms with Gasteiger partial charge >= 0.3 is 0 Å². The Morgan fingerprint density at radius 2 is 1.93 bits per heavy atom. The summed E-state index contributed by atoms with van der Waals surface area (Å²) in [6.07, 6.45) is 3.24. The van der Waals surface area contributed by atoms with Crippen LogP contribution in [0.2, 0.25) is 0 Å². The van der Waals surface area contributed by atoms with Gasteiger partial charge in [0.25, 0.3) is 0 Å². The van der Waals surface area contributed by atoms with Crippen LogP contribution < -0.4 is 14.8 Å². The Morgan fingerprint density at radius 3 is 2.71 bits per heavy atom. The van der Waals surface area contributed by atoms with Gasteiger partial charge in [0.1, 0.15) is 0 Å². The lowest BCUT2D eigenvalue weighted by atomic mass is 9.87. The Morgan fingerprint density at radius 1 is 1.18 bits per heavy atom. The standard InChI is InChI=1S/C22H24N2O4/c1-14(25)17-10-20-21(28-13-27-20)11-18(17)23-22(26)12-24(2)19-9-5-7-15-6-3-4-8-16(15)19/h3-4,6,8,10-11,19H,5,7,9,12-13H2,1-2H3,(H,23,26)/t19-/m0/s1. The molecular formula is C22H24N2O4. The Hall–Kier alpha value is -2.86. The molecule has 2 aromatic rings. The number of carbonyl (C=O) groups is 2. The van der Waals surface area contributed by atoms with E-state index in [1.54, 1.807) is 12.1 Å². The number of ketones is 1. The summed E-state index contributed by atoms with van der Waals surface area (Å²) in [7, 11) is 1.97. The molecule has 6 nitrogen and oxygen atoms in total. The lowest BCUT2D eigenvalue weighted by molar-refractivity contribution is -0.117. The molecule has 2 aliphatic rings. The van der Waals surface area contributed by atoms with Gasteiger partial charge < -0.3 is 14.8 Å². The van der Waals surface area contributed by atoms with E-state index in [9.17, 15) is 9.59 Å². The number of hydrogen-bond acceptors (Lipinski definition) is 5. The number of hydrogen-bond donors (Lipinski definition) is 1. The molecule has 0 fully saturated rings. The highest BCUT2D eigenvalue weighted by Gasteiger charge is 2.25. The Balaban J connectivity index is 1.49. The molecule has 1 aliphatic carbocycles. The van der Waals surface area contributed by atoms with Crippen molar-refractivity contribution in [2.45, 2.75) is 32.2 Å². The lowest BCUT2D eigenvalue weighted by Crippen LogP contribution is -2.35. The van der Waals surface area contributed by atoms with Crippen molar-refractivity contribution in [3.63, 3.8) is 0 Å². The largest absolute Gasteiger partial charge is 0.454 e. The highest BCUT2D eigenvalue weighted by molar-refractivity contribution is 6.05. The fraction of sp³-hybridized carbons (Fsp3) is 0.364. The third kappa shape index (κ3) is 3.60. The molecule has 1 heterocycles. The van der Waals surface area contributed by atoms with E-state index in [1.807, 2.05) is 7.05 Å². The number of benzene rings is 2. The Bertz CT molecular complexity index is 925. The van der Waals surface area contributed by atoms with E-state index in [0.29, 0.717) is 22.7 Å². The number of nitrogens with zero attached hydrogens (tertiary/aromatic N) is 1. The summed E-state index contributed by atoms with van der Waals surface area (Å²) < 4.78 is 10.7. The van der Waals surface area contributed by atoms with E-state index in [4.69, 9.17) is 9.47 Å². The number of ether oxygens (including phenoxy) is 2. The second-order valence-corrected chi connectivity index (χ2v) is 7.38. The van der Waals surface area contributed by atoms with Crippen molar-refractivity contribution < 1.29 is 19.1 Å². The number of rotatable bonds is 5. The van der Waals surface area contributed by atoms with Gasteiger partial charge in [-0.15, -0.1) is 0 Å². The molecule has 4 rings (SSSR count). The molecule has 1 N–H and O–H groups in total. The molecule has 0 aromatic heterocycles. The van der Waals surface area contributed by atoms with E-state index in [1.165, 1.54) is 18.1 Å². The van der Waals surface area contributed by atoms with Gasteiger partial charge in [-0.25, -0.2) is 0 Å². The highest BCUT2D eigenvalue weighted by Crippen LogP contribution is 2.37. The third-order valence-corrected chi connectivity index (χ3v) is 5.43. The monoisotopic (exact) mass is 380 g/mol. The van der Waals surface area contributed by atoms with Crippen molar-refractivity contribution in [2.75, 3.05) is 25.7 Å². The minimum Gasteiger partial charge on any atom is -0.454 e. The van der Waals surface area contributed by atoms with Crippen LogP contribution in [0.25, 0.3) is 0 Å². The smallest absolute Gasteiger partial charge is 0.238 e. The molecule has 6 heteroatoms. The molecule has 0 unspecified atom stereocenters. The number of fused-ring (bicyclic) bond motifs is 2. The number of Topliss-reactive ketones (excluding diaryl/α,β-unsaturated/α-hetero) is 1. The van der Waals surface area contributed by atoms with Crippen LogP contribution in [0.3, 0.4) is 0 Å². The Kier molecular flexibility index (Phi) is 5.05. The van der Waals surface area contributed by atoms with Gasteiger partial charge in [-0.05, 0) is 50.4 Å². The zero-order valence-electron chi connectivity index (χ0n) is 16.2. The van der Waals surface area contributed by atoms with Crippen molar-refractivity contribution >= 4 is 17.4 Å². The van der Waals surface area contributed by atoms with Crippen LogP contribution in [0.15, 0.2) is 36.4 Å². The summed E-state index contributed by atoms with van der Waals surface area (Å²) >= 11 is 0. The molecule has 0 radical (unpaired) electrons. The van der Waals surface area contributed by atoms with Gasteiger partial charge in [-0.1, -0.05) is 24.3 Å². The van der Waals surface area contributed by atoms with Crippen LogP contribution in [-0.4, -0.2) is 37.0 Å². The van der Waals surface area contributed by atoms with E-state index in [0.717, 1.165) is 19.3 Å². The molecular weight excluding hydrogens is 356 g/mol. The molecule has 0 saturated heterocycles. The van der Waals surface area contributed by atoms with E-state index in [-0.39, 0.29) is 31.1 Å². The number of amides is 1. The van der Waals surface area contributed by atoms with E-state index >= 15 is 0 Å². The predicted octanol–water partition coefficient (Wildman–Crippen LogP) is 3.57. The van der Waals surface area contributed by atoms with Crippen molar-refractivity contribution in [3.05, 3.63) is 53.1 Å². The number of likely N-dealkylation sites (N-methyl/N-ethyl adjacent to an activating group) is 1. The van der Waals surface area contributed by atoms with Gasteiger partial charge in [0, 0.05) is 17.7 Å². The summed E-state index contributed by atoms with van der Waals surface area (Å²) in [6, 6.07) is 11.9. The van der Waals surface area contributed by atoms with Crippen LogP contribution in [0.5, 0.6) is 11.5 Å². The van der Waals surface area contributed by atoms with Gasteiger partial charge in [0.05, 0.1) is 12.2 Å². The quantitative estimate of drug-likeness (QED) is 0.804.